The van der Waals surface area contributed by atoms with E-state index >= 15 is 0 Å². The molecule has 1 aliphatic heterocycles. The van der Waals surface area contributed by atoms with Crippen molar-refractivity contribution in [1.82, 2.24) is 9.71 Å². The average Bonchev–Trinajstić information content (AvgIpc) is 2.78. The molecule has 1 N–H and O–H groups in total. The molecule has 2 heterocycles. The van der Waals surface area contributed by atoms with Gasteiger partial charge in [0.15, 0.2) is 5.82 Å². The Morgan fingerprint density at radius 2 is 2.39 bits per heavy atom. The molecule has 1 saturated heterocycles. The Balaban J connectivity index is 2.34. The molecule has 0 aromatic carbocycles. The quantitative estimate of drug-likeness (QED) is 0.893. The lowest BCUT2D eigenvalue weighted by Crippen LogP contribution is -2.47. The predicted octanol–water partition coefficient (Wildman–Crippen LogP) is 0.898. The lowest BCUT2D eigenvalue weighted by molar-refractivity contribution is 0.501. The second-order valence-corrected chi connectivity index (χ2v) is 6.60. The van der Waals surface area contributed by atoms with E-state index in [9.17, 15) is 12.8 Å². The van der Waals surface area contributed by atoms with Gasteiger partial charge in [0, 0.05) is 11.9 Å². The summed E-state index contributed by atoms with van der Waals surface area (Å²) in [5, 5.41) is 8.42. The van der Waals surface area contributed by atoms with Crippen LogP contribution in [0.1, 0.15) is 6.42 Å². The standard InChI is InChI=1S/C10H10FN3O2S2/c11-8-2-1-4-13-9(8)18(15,16)14-10(6-12)3-5-17-7-10/h1-2,4,14H,3,5,7H2. The topological polar surface area (TPSA) is 82.9 Å². The molecular formula is C10H10FN3O2S2. The number of hydrogen-bond donors (Lipinski definition) is 1. The molecule has 0 radical (unpaired) electrons. The molecule has 1 atom stereocenters. The van der Waals surface area contributed by atoms with Crippen LogP contribution in [-0.4, -0.2) is 30.4 Å². The molecule has 8 heteroatoms. The number of halogens is 1. The minimum Gasteiger partial charge on any atom is -0.241 e. The van der Waals surface area contributed by atoms with Crippen molar-refractivity contribution in [1.29, 1.82) is 5.26 Å². The lowest BCUT2D eigenvalue weighted by Gasteiger charge is -2.20. The highest BCUT2D eigenvalue weighted by molar-refractivity contribution is 7.99. The van der Waals surface area contributed by atoms with Gasteiger partial charge in [0.05, 0.1) is 6.07 Å². The van der Waals surface area contributed by atoms with Crippen LogP contribution in [0.3, 0.4) is 0 Å². The minimum atomic E-state index is -4.12. The Kier molecular flexibility index (Phi) is 3.56. The van der Waals surface area contributed by atoms with E-state index in [0.717, 1.165) is 6.07 Å². The zero-order valence-electron chi connectivity index (χ0n) is 9.26. The van der Waals surface area contributed by atoms with Crippen molar-refractivity contribution in [3.63, 3.8) is 0 Å². The Morgan fingerprint density at radius 3 is 2.94 bits per heavy atom. The van der Waals surface area contributed by atoms with Crippen LogP contribution in [0.4, 0.5) is 4.39 Å². The van der Waals surface area contributed by atoms with Crippen molar-refractivity contribution < 1.29 is 12.8 Å². The molecule has 1 aromatic rings. The molecule has 5 nitrogen and oxygen atoms in total. The number of nitrogens with zero attached hydrogens (tertiary/aromatic N) is 2. The van der Waals surface area contributed by atoms with Gasteiger partial charge in [-0.2, -0.15) is 21.7 Å². The van der Waals surface area contributed by atoms with E-state index in [4.69, 9.17) is 5.26 Å². The van der Waals surface area contributed by atoms with Gasteiger partial charge >= 0.3 is 0 Å². The Bertz CT molecular complexity index is 591. The summed E-state index contributed by atoms with van der Waals surface area (Å²) in [5.41, 5.74) is -1.16. The number of hydrogen-bond acceptors (Lipinski definition) is 5. The third kappa shape index (κ3) is 2.48. The maximum atomic E-state index is 13.4. The van der Waals surface area contributed by atoms with E-state index in [1.165, 1.54) is 24.0 Å². The van der Waals surface area contributed by atoms with E-state index in [-0.39, 0.29) is 0 Å². The van der Waals surface area contributed by atoms with Gasteiger partial charge in [-0.25, -0.2) is 17.8 Å². The summed E-state index contributed by atoms with van der Waals surface area (Å²) in [7, 11) is -4.12. The summed E-state index contributed by atoms with van der Waals surface area (Å²) >= 11 is 1.48. The minimum absolute atomic E-state index is 0.358. The van der Waals surface area contributed by atoms with Crippen LogP contribution in [0.15, 0.2) is 23.4 Å². The smallest absolute Gasteiger partial charge is 0.241 e. The fourth-order valence-corrected chi connectivity index (χ4v) is 4.34. The first-order valence-corrected chi connectivity index (χ1v) is 7.76. The summed E-state index contributed by atoms with van der Waals surface area (Å²) in [4.78, 5) is 3.52. The van der Waals surface area contributed by atoms with Crippen LogP contribution >= 0.6 is 11.8 Å². The molecule has 0 bridgehead atoms. The van der Waals surface area contributed by atoms with Gasteiger partial charge < -0.3 is 0 Å². The molecule has 1 fully saturated rings. The number of nitrogens with one attached hydrogen (secondary N) is 1. The molecule has 96 valence electrons. The fraction of sp³-hybridized carbons (Fsp3) is 0.400. The van der Waals surface area contributed by atoms with Gasteiger partial charge in [0.1, 0.15) is 5.54 Å². The first kappa shape index (κ1) is 13.3. The molecule has 0 amide bonds. The summed E-state index contributed by atoms with van der Waals surface area (Å²) in [5.74, 6) is 0.126. The number of rotatable bonds is 3. The monoisotopic (exact) mass is 287 g/mol. The summed E-state index contributed by atoms with van der Waals surface area (Å²) in [6.45, 7) is 0. The SMILES string of the molecule is N#CC1(NS(=O)(=O)c2ncccc2F)CCSC1. The Labute approximate surface area is 108 Å². The zero-order chi connectivity index (χ0) is 13.2. The van der Waals surface area contributed by atoms with Crippen molar-refractivity contribution in [2.75, 3.05) is 11.5 Å². The fourth-order valence-electron chi connectivity index (χ4n) is 1.63. The summed E-state index contributed by atoms with van der Waals surface area (Å²) < 4.78 is 39.7. The van der Waals surface area contributed by atoms with Crippen LogP contribution in [0.2, 0.25) is 0 Å². The van der Waals surface area contributed by atoms with Gasteiger partial charge in [0.2, 0.25) is 5.03 Å². The van der Waals surface area contributed by atoms with Gasteiger partial charge in [-0.3, -0.25) is 0 Å². The van der Waals surface area contributed by atoms with Gasteiger partial charge in [-0.05, 0) is 24.3 Å². The largest absolute Gasteiger partial charge is 0.262 e. The normalized spacial score (nSPS) is 23.8. The van der Waals surface area contributed by atoms with Crippen molar-refractivity contribution in [2.45, 2.75) is 17.0 Å². The average molecular weight is 287 g/mol. The van der Waals surface area contributed by atoms with Crippen molar-refractivity contribution >= 4 is 21.8 Å². The highest BCUT2D eigenvalue weighted by Gasteiger charge is 2.40. The number of sulfonamides is 1. The van der Waals surface area contributed by atoms with Gasteiger partial charge in [0.25, 0.3) is 10.0 Å². The first-order valence-electron chi connectivity index (χ1n) is 5.13. The third-order valence-electron chi connectivity index (χ3n) is 2.54. The van der Waals surface area contributed by atoms with E-state index in [0.29, 0.717) is 17.9 Å². The van der Waals surface area contributed by atoms with Gasteiger partial charge in [-0.15, -0.1) is 0 Å². The van der Waals surface area contributed by atoms with Crippen molar-refractivity contribution in [2.24, 2.45) is 0 Å². The molecule has 1 aromatic heterocycles. The van der Waals surface area contributed by atoms with Crippen LogP contribution in [0, 0.1) is 17.1 Å². The number of pyridine rings is 1. The van der Waals surface area contributed by atoms with Crippen molar-refractivity contribution in [3.05, 3.63) is 24.1 Å². The van der Waals surface area contributed by atoms with E-state index < -0.39 is 26.4 Å². The second kappa shape index (κ2) is 4.84. The lowest BCUT2D eigenvalue weighted by atomic mass is 10.0. The maximum absolute atomic E-state index is 13.4. The van der Waals surface area contributed by atoms with Crippen LogP contribution in [0.5, 0.6) is 0 Å². The van der Waals surface area contributed by atoms with Crippen LogP contribution < -0.4 is 4.72 Å². The maximum Gasteiger partial charge on any atom is 0.262 e. The van der Waals surface area contributed by atoms with Crippen LogP contribution in [0.25, 0.3) is 0 Å². The number of nitriles is 1. The molecular weight excluding hydrogens is 277 g/mol. The highest BCUT2D eigenvalue weighted by atomic mass is 32.2. The van der Waals surface area contributed by atoms with Gasteiger partial charge in [-0.1, -0.05) is 0 Å². The van der Waals surface area contributed by atoms with E-state index in [1.807, 2.05) is 6.07 Å². The second-order valence-electron chi connectivity index (χ2n) is 3.89. The Hall–Kier alpha value is -1.17. The Morgan fingerprint density at radius 1 is 1.61 bits per heavy atom. The highest BCUT2D eigenvalue weighted by Crippen LogP contribution is 2.29. The summed E-state index contributed by atoms with van der Waals surface area (Å²) in [6.07, 6.45) is 1.60. The van der Waals surface area contributed by atoms with E-state index in [2.05, 4.69) is 9.71 Å². The number of aromatic nitrogens is 1. The molecule has 0 saturated carbocycles. The van der Waals surface area contributed by atoms with E-state index in [1.54, 1.807) is 0 Å². The molecule has 1 aliphatic rings. The molecule has 0 spiro atoms. The third-order valence-corrected chi connectivity index (χ3v) is 5.20. The van der Waals surface area contributed by atoms with Crippen LogP contribution in [-0.2, 0) is 10.0 Å². The zero-order valence-corrected chi connectivity index (χ0v) is 10.9. The molecule has 0 aliphatic carbocycles. The molecule has 2 rings (SSSR count). The molecule has 18 heavy (non-hydrogen) atoms. The number of thioether (sulfide) groups is 1. The first-order chi connectivity index (χ1) is 8.49. The molecule has 1 unspecified atom stereocenters. The van der Waals surface area contributed by atoms with Crippen molar-refractivity contribution in [3.8, 4) is 6.07 Å². The predicted molar refractivity (Wildman–Crippen MR) is 64.8 cm³/mol. The summed E-state index contributed by atoms with van der Waals surface area (Å²) in [6, 6.07) is 4.28.